The second-order valence-corrected chi connectivity index (χ2v) is 21.7. The summed E-state index contributed by atoms with van der Waals surface area (Å²) in [5.74, 6) is 0.443. The second-order valence-electron chi connectivity index (χ2n) is 8.04. The van der Waals surface area contributed by atoms with Gasteiger partial charge in [0.2, 0.25) is 0 Å². The molecule has 156 valence electrons. The van der Waals surface area contributed by atoms with Gasteiger partial charge in [0.15, 0.2) is 0 Å². The van der Waals surface area contributed by atoms with Gasteiger partial charge in [0.1, 0.15) is 0 Å². The number of hydrogen-bond acceptors (Lipinski definition) is 3. The summed E-state index contributed by atoms with van der Waals surface area (Å²) >= 11 is -2.14. The van der Waals surface area contributed by atoms with E-state index >= 15 is 0 Å². The SMILES string of the molecule is CCC[CH2][Sn]([CH2]CCC)([CH2]CCC)[CH2]OC/C=C\C(OCOC)C(C)C. The molecule has 0 aromatic heterocycles. The zero-order chi connectivity index (χ0) is 19.7. The van der Waals surface area contributed by atoms with Crippen molar-refractivity contribution in [3.8, 4) is 0 Å². The third-order valence-corrected chi connectivity index (χ3v) is 19.6. The number of hydrogen-bond donors (Lipinski definition) is 0. The molecule has 0 aliphatic heterocycles. The van der Waals surface area contributed by atoms with E-state index in [9.17, 15) is 0 Å². The Balaban J connectivity index is 4.61. The Morgan fingerprint density at radius 3 is 1.85 bits per heavy atom. The van der Waals surface area contributed by atoms with Crippen LogP contribution < -0.4 is 0 Å². The van der Waals surface area contributed by atoms with Crippen LogP contribution in [0.2, 0.25) is 13.3 Å². The van der Waals surface area contributed by atoms with Gasteiger partial charge in [0, 0.05) is 0 Å². The van der Waals surface area contributed by atoms with Crippen LogP contribution in [0.1, 0.15) is 73.1 Å². The van der Waals surface area contributed by atoms with Crippen molar-refractivity contribution in [1.82, 2.24) is 0 Å². The Kier molecular flexibility index (Phi) is 17.8. The minimum absolute atomic E-state index is 0.104. The first kappa shape index (κ1) is 26.4. The minimum atomic E-state index is -2.14. The van der Waals surface area contributed by atoms with Crippen molar-refractivity contribution in [1.29, 1.82) is 0 Å². The Labute approximate surface area is 168 Å². The summed E-state index contributed by atoms with van der Waals surface area (Å²) in [5.41, 5.74) is 0. The molecule has 26 heavy (non-hydrogen) atoms. The maximum atomic E-state index is 6.24. The summed E-state index contributed by atoms with van der Waals surface area (Å²) < 4.78 is 22.6. The van der Waals surface area contributed by atoms with Gasteiger partial charge in [0.25, 0.3) is 0 Å². The average Bonchev–Trinajstić information content (AvgIpc) is 2.64. The summed E-state index contributed by atoms with van der Waals surface area (Å²) in [6.45, 7) is 12.4. The predicted octanol–water partition coefficient (Wildman–Crippen LogP) is 6.59. The molecule has 0 aromatic carbocycles. The number of unbranched alkanes of at least 4 members (excludes halogenated alkanes) is 3. The van der Waals surface area contributed by atoms with Crippen molar-refractivity contribution in [2.24, 2.45) is 5.92 Å². The first-order valence-electron chi connectivity index (χ1n) is 10.9. The molecule has 0 rings (SSSR count). The van der Waals surface area contributed by atoms with Crippen molar-refractivity contribution in [3.63, 3.8) is 0 Å². The molecule has 0 saturated carbocycles. The Bertz CT molecular complexity index is 310. The summed E-state index contributed by atoms with van der Waals surface area (Å²) in [6, 6.07) is 0. The molecule has 0 spiro atoms. The molecule has 0 radical (unpaired) electrons. The Morgan fingerprint density at radius 1 is 0.885 bits per heavy atom. The molecule has 0 amide bonds. The molecule has 4 heteroatoms. The van der Waals surface area contributed by atoms with E-state index in [0.29, 0.717) is 12.7 Å². The monoisotopic (exact) mass is 478 g/mol. The molecule has 0 aliphatic carbocycles. The average molecular weight is 477 g/mol. The van der Waals surface area contributed by atoms with Crippen LogP contribution in [0.4, 0.5) is 0 Å². The van der Waals surface area contributed by atoms with Gasteiger partial charge >= 0.3 is 168 Å². The van der Waals surface area contributed by atoms with Crippen molar-refractivity contribution >= 4 is 18.4 Å². The number of rotatable bonds is 18. The summed E-state index contributed by atoms with van der Waals surface area (Å²) in [7, 11) is 1.67. The van der Waals surface area contributed by atoms with E-state index in [1.807, 2.05) is 0 Å². The van der Waals surface area contributed by atoms with E-state index in [1.165, 1.54) is 51.8 Å². The van der Waals surface area contributed by atoms with E-state index in [2.05, 4.69) is 46.8 Å². The van der Waals surface area contributed by atoms with Crippen LogP contribution in [-0.4, -0.2) is 49.6 Å². The molecule has 0 saturated heterocycles. The van der Waals surface area contributed by atoms with Crippen LogP contribution >= 0.6 is 0 Å². The van der Waals surface area contributed by atoms with E-state index in [0.717, 1.165) is 11.2 Å². The molecule has 0 fully saturated rings. The van der Waals surface area contributed by atoms with Gasteiger partial charge in [-0.05, 0) is 0 Å². The number of ether oxygens (including phenoxy) is 3. The molecule has 0 aliphatic rings. The summed E-state index contributed by atoms with van der Waals surface area (Å²) in [6.07, 6.45) is 12.6. The topological polar surface area (TPSA) is 27.7 Å². The second kappa shape index (κ2) is 17.5. The van der Waals surface area contributed by atoms with Crippen molar-refractivity contribution in [2.45, 2.75) is 92.6 Å². The fourth-order valence-corrected chi connectivity index (χ4v) is 17.8. The zero-order valence-electron chi connectivity index (χ0n) is 18.5. The van der Waals surface area contributed by atoms with Gasteiger partial charge in [-0.3, -0.25) is 0 Å². The molecule has 1 atom stereocenters. The van der Waals surface area contributed by atoms with Crippen LogP contribution in [0.15, 0.2) is 12.2 Å². The third-order valence-electron chi connectivity index (χ3n) is 5.17. The first-order chi connectivity index (χ1) is 12.5. The van der Waals surface area contributed by atoms with Gasteiger partial charge < -0.3 is 0 Å². The van der Waals surface area contributed by atoms with Gasteiger partial charge in [-0.25, -0.2) is 0 Å². The summed E-state index contributed by atoms with van der Waals surface area (Å²) in [5, 5.41) is 0. The van der Waals surface area contributed by atoms with E-state index in [-0.39, 0.29) is 6.10 Å². The fraction of sp³-hybridized carbons (Fsp3) is 0.909. The van der Waals surface area contributed by atoms with Crippen LogP contribution in [0.5, 0.6) is 0 Å². The van der Waals surface area contributed by atoms with Gasteiger partial charge in [-0.1, -0.05) is 0 Å². The Hall–Kier alpha value is 0.419. The molecular weight excluding hydrogens is 431 g/mol. The molecule has 1 unspecified atom stereocenters. The van der Waals surface area contributed by atoms with Gasteiger partial charge in [0.05, 0.1) is 0 Å². The van der Waals surface area contributed by atoms with Gasteiger partial charge in [-0.15, -0.1) is 0 Å². The fourth-order valence-electron chi connectivity index (χ4n) is 3.40. The summed E-state index contributed by atoms with van der Waals surface area (Å²) in [4.78, 5) is 0. The maximum absolute atomic E-state index is 6.24. The molecule has 0 aromatic rings. The van der Waals surface area contributed by atoms with Crippen molar-refractivity contribution < 1.29 is 14.2 Å². The van der Waals surface area contributed by atoms with Crippen LogP contribution in [0.25, 0.3) is 0 Å². The normalized spacial score (nSPS) is 13.8. The van der Waals surface area contributed by atoms with E-state index in [1.54, 1.807) is 7.11 Å². The zero-order valence-corrected chi connectivity index (χ0v) is 21.4. The van der Waals surface area contributed by atoms with E-state index < -0.39 is 18.4 Å². The van der Waals surface area contributed by atoms with Crippen molar-refractivity contribution in [3.05, 3.63) is 12.2 Å². The predicted molar refractivity (Wildman–Crippen MR) is 116 cm³/mol. The molecule has 0 bridgehead atoms. The quantitative estimate of drug-likeness (QED) is 0.0965. The van der Waals surface area contributed by atoms with Crippen LogP contribution in [-0.2, 0) is 14.2 Å². The van der Waals surface area contributed by atoms with E-state index in [4.69, 9.17) is 14.2 Å². The molecule has 0 N–H and O–H groups in total. The standard InChI is InChI=1S/C10H19O3.3C4H9.Sn/c1-9(2)10(13-8-12-4)6-5-7-11-3;3*1-3-4-2;/h5-6,9-10H,3,7-8H2,1-2,4H3;3*1,3-4H2,2H3;/b6-5-;;;;. The first-order valence-corrected chi connectivity index (χ1v) is 19.0. The molecule has 0 heterocycles. The third kappa shape index (κ3) is 12.7. The van der Waals surface area contributed by atoms with Gasteiger partial charge in [-0.2, -0.15) is 0 Å². The Morgan fingerprint density at radius 2 is 1.42 bits per heavy atom. The van der Waals surface area contributed by atoms with Crippen LogP contribution in [0.3, 0.4) is 0 Å². The molecule has 3 nitrogen and oxygen atoms in total. The van der Waals surface area contributed by atoms with Crippen molar-refractivity contribution in [2.75, 3.05) is 25.1 Å². The number of methoxy groups -OCH3 is 1. The van der Waals surface area contributed by atoms with Crippen LogP contribution in [0, 0.1) is 5.92 Å². The molecular formula is C22H46O3Sn.